The van der Waals surface area contributed by atoms with E-state index in [9.17, 15) is 9.59 Å². The predicted octanol–water partition coefficient (Wildman–Crippen LogP) is 16.8. The Kier molecular flexibility index (Phi) is 43.4. The standard InChI is InChI=1S/C48H94O4/c1-4-7-10-13-16-19-22-25-28-31-34-37-40-43-46(49)51-48(45-42-39-36-33-30-27-24-21-18-15-12-9-6-3)52-47(50)44-41-38-35-32-29-26-23-20-17-14-11-8-5-2/h48H,4-45H2,1-3H3. The van der Waals surface area contributed by atoms with Gasteiger partial charge in [0.25, 0.3) is 0 Å². The highest BCUT2D eigenvalue weighted by atomic mass is 16.7. The van der Waals surface area contributed by atoms with Gasteiger partial charge in [0.05, 0.1) is 0 Å². The van der Waals surface area contributed by atoms with E-state index >= 15 is 0 Å². The summed E-state index contributed by atoms with van der Waals surface area (Å²) in [6.45, 7) is 6.84. The number of esters is 2. The molecule has 52 heavy (non-hydrogen) atoms. The molecule has 0 heterocycles. The average molecular weight is 735 g/mol. The molecule has 0 radical (unpaired) electrons. The van der Waals surface area contributed by atoms with E-state index in [0.29, 0.717) is 19.3 Å². The molecule has 0 spiro atoms. The van der Waals surface area contributed by atoms with E-state index in [1.165, 1.54) is 212 Å². The molecule has 0 aliphatic rings. The van der Waals surface area contributed by atoms with Crippen LogP contribution in [0.2, 0.25) is 0 Å². The molecule has 0 bridgehead atoms. The number of carbonyl (C=O) groups is 2. The minimum Gasteiger partial charge on any atom is -0.425 e. The summed E-state index contributed by atoms with van der Waals surface area (Å²) in [5, 5.41) is 0. The molecule has 0 aromatic heterocycles. The van der Waals surface area contributed by atoms with E-state index in [1.54, 1.807) is 0 Å². The molecule has 4 heteroatoms. The van der Waals surface area contributed by atoms with Crippen LogP contribution in [-0.2, 0) is 19.1 Å². The summed E-state index contributed by atoms with van der Waals surface area (Å²) in [6.07, 6.45) is 51.2. The fraction of sp³-hybridized carbons (Fsp3) is 0.958. The molecule has 0 aliphatic heterocycles. The molecular formula is C48H94O4. The SMILES string of the molecule is CCCCCCCCCCCCCCCC(=O)OC(CCCCCCCCCCCCCCC)OC(=O)CCCCCCCCCCCCCCC. The summed E-state index contributed by atoms with van der Waals surface area (Å²) in [5.74, 6) is -0.395. The molecule has 0 saturated heterocycles. The van der Waals surface area contributed by atoms with Crippen LogP contribution >= 0.6 is 0 Å². The number of unbranched alkanes of at least 4 members (excludes halogenated alkanes) is 36. The lowest BCUT2D eigenvalue weighted by Gasteiger charge is -2.18. The molecule has 0 saturated carbocycles. The van der Waals surface area contributed by atoms with E-state index in [4.69, 9.17) is 9.47 Å². The van der Waals surface area contributed by atoms with Gasteiger partial charge in [0.1, 0.15) is 0 Å². The molecule has 310 valence electrons. The fourth-order valence-electron chi connectivity index (χ4n) is 7.46. The Morgan fingerprint density at radius 1 is 0.288 bits per heavy atom. The minimum absolute atomic E-state index is 0.198. The monoisotopic (exact) mass is 735 g/mol. The molecule has 0 aromatic rings. The van der Waals surface area contributed by atoms with Crippen molar-refractivity contribution in [3.05, 3.63) is 0 Å². The Morgan fingerprint density at radius 2 is 0.481 bits per heavy atom. The Balaban J connectivity index is 4.20. The molecule has 0 aliphatic carbocycles. The normalized spacial score (nSPS) is 11.5. The summed E-state index contributed by atoms with van der Waals surface area (Å²) in [6, 6.07) is 0. The Bertz CT molecular complexity index is 662. The zero-order chi connectivity index (χ0) is 37.8. The third-order valence-corrected chi connectivity index (χ3v) is 11.0. The second kappa shape index (κ2) is 44.3. The smallest absolute Gasteiger partial charge is 0.308 e. The molecule has 4 nitrogen and oxygen atoms in total. The maximum Gasteiger partial charge on any atom is 0.308 e. The number of hydrogen-bond donors (Lipinski definition) is 0. The van der Waals surface area contributed by atoms with Crippen LogP contribution in [0.4, 0.5) is 0 Å². The second-order valence-corrected chi connectivity index (χ2v) is 16.4. The van der Waals surface area contributed by atoms with Crippen LogP contribution in [0.1, 0.15) is 290 Å². The largest absolute Gasteiger partial charge is 0.425 e. The lowest BCUT2D eigenvalue weighted by atomic mass is 10.0. The molecule has 0 unspecified atom stereocenters. The molecule has 0 atom stereocenters. The second-order valence-electron chi connectivity index (χ2n) is 16.4. The van der Waals surface area contributed by atoms with Crippen molar-refractivity contribution in [2.24, 2.45) is 0 Å². The molecule has 0 rings (SSSR count). The van der Waals surface area contributed by atoms with E-state index in [-0.39, 0.29) is 11.9 Å². The summed E-state index contributed by atoms with van der Waals surface area (Å²) in [7, 11) is 0. The number of carbonyl (C=O) groups excluding carboxylic acids is 2. The van der Waals surface area contributed by atoms with Crippen molar-refractivity contribution < 1.29 is 19.1 Å². The first kappa shape index (κ1) is 50.9. The van der Waals surface area contributed by atoms with E-state index in [2.05, 4.69) is 20.8 Å². The van der Waals surface area contributed by atoms with Crippen LogP contribution in [0.5, 0.6) is 0 Å². The maximum absolute atomic E-state index is 12.7. The molecule has 0 aromatic carbocycles. The van der Waals surface area contributed by atoms with Gasteiger partial charge in [-0.15, -0.1) is 0 Å². The zero-order valence-electron chi connectivity index (χ0n) is 35.9. The van der Waals surface area contributed by atoms with Gasteiger partial charge in [0, 0.05) is 19.3 Å². The highest BCUT2D eigenvalue weighted by molar-refractivity contribution is 5.71. The van der Waals surface area contributed by atoms with Gasteiger partial charge in [0.2, 0.25) is 6.29 Å². The van der Waals surface area contributed by atoms with Crippen molar-refractivity contribution in [1.82, 2.24) is 0 Å². The van der Waals surface area contributed by atoms with Crippen molar-refractivity contribution >= 4 is 11.9 Å². The zero-order valence-corrected chi connectivity index (χ0v) is 35.9. The van der Waals surface area contributed by atoms with Gasteiger partial charge in [-0.1, -0.05) is 252 Å². The topological polar surface area (TPSA) is 52.6 Å². The van der Waals surface area contributed by atoms with Crippen LogP contribution in [0.25, 0.3) is 0 Å². The Labute approximate surface area is 326 Å². The number of hydrogen-bond acceptors (Lipinski definition) is 4. The van der Waals surface area contributed by atoms with Gasteiger partial charge >= 0.3 is 11.9 Å². The quantitative estimate of drug-likeness (QED) is 0.0355. The Hall–Kier alpha value is -1.06. The van der Waals surface area contributed by atoms with Crippen molar-refractivity contribution in [2.75, 3.05) is 0 Å². The fourth-order valence-corrected chi connectivity index (χ4v) is 7.46. The minimum atomic E-state index is -0.711. The summed E-state index contributed by atoms with van der Waals surface area (Å²) >= 11 is 0. The third-order valence-electron chi connectivity index (χ3n) is 11.0. The first-order valence-electron chi connectivity index (χ1n) is 24.0. The molecule has 0 fully saturated rings. The summed E-state index contributed by atoms with van der Waals surface area (Å²) in [4.78, 5) is 25.5. The molecule has 0 N–H and O–H groups in total. The lowest BCUT2D eigenvalue weighted by molar-refractivity contribution is -0.189. The molecule has 0 amide bonds. The molecular weight excluding hydrogens is 641 g/mol. The van der Waals surface area contributed by atoms with Gasteiger partial charge in [-0.25, -0.2) is 0 Å². The van der Waals surface area contributed by atoms with E-state index < -0.39 is 6.29 Å². The first-order valence-corrected chi connectivity index (χ1v) is 24.0. The van der Waals surface area contributed by atoms with Crippen molar-refractivity contribution in [3.63, 3.8) is 0 Å². The summed E-state index contributed by atoms with van der Waals surface area (Å²) in [5.41, 5.74) is 0. The highest BCUT2D eigenvalue weighted by Gasteiger charge is 2.18. The maximum atomic E-state index is 12.7. The van der Waals surface area contributed by atoms with Gasteiger partial charge in [0.15, 0.2) is 0 Å². The van der Waals surface area contributed by atoms with E-state index in [0.717, 1.165) is 38.5 Å². The lowest BCUT2D eigenvalue weighted by Crippen LogP contribution is -2.24. The highest BCUT2D eigenvalue weighted by Crippen LogP contribution is 2.18. The van der Waals surface area contributed by atoms with Crippen LogP contribution in [0.15, 0.2) is 0 Å². The van der Waals surface area contributed by atoms with Crippen molar-refractivity contribution in [1.29, 1.82) is 0 Å². The van der Waals surface area contributed by atoms with Crippen LogP contribution < -0.4 is 0 Å². The number of ether oxygens (including phenoxy) is 2. The van der Waals surface area contributed by atoms with Gasteiger partial charge in [-0.2, -0.15) is 0 Å². The Morgan fingerprint density at radius 3 is 0.712 bits per heavy atom. The van der Waals surface area contributed by atoms with Crippen LogP contribution in [0, 0.1) is 0 Å². The van der Waals surface area contributed by atoms with Gasteiger partial charge in [-0.3, -0.25) is 9.59 Å². The number of rotatable bonds is 44. The van der Waals surface area contributed by atoms with Crippen molar-refractivity contribution in [2.45, 2.75) is 297 Å². The van der Waals surface area contributed by atoms with E-state index in [1.807, 2.05) is 0 Å². The van der Waals surface area contributed by atoms with Crippen LogP contribution in [0.3, 0.4) is 0 Å². The predicted molar refractivity (Wildman–Crippen MR) is 227 cm³/mol. The van der Waals surface area contributed by atoms with Gasteiger partial charge < -0.3 is 9.47 Å². The summed E-state index contributed by atoms with van der Waals surface area (Å²) < 4.78 is 11.5. The van der Waals surface area contributed by atoms with Crippen LogP contribution in [-0.4, -0.2) is 18.2 Å². The first-order chi connectivity index (χ1) is 25.6. The van der Waals surface area contributed by atoms with Gasteiger partial charge in [-0.05, 0) is 19.3 Å². The van der Waals surface area contributed by atoms with Crippen molar-refractivity contribution in [3.8, 4) is 0 Å². The average Bonchev–Trinajstić information content (AvgIpc) is 3.14. The third kappa shape index (κ3) is 41.7.